The summed E-state index contributed by atoms with van der Waals surface area (Å²) in [5.74, 6) is -0.277. The van der Waals surface area contributed by atoms with Gasteiger partial charge in [0, 0.05) is 5.56 Å². The Bertz CT molecular complexity index is 1070. The van der Waals surface area contributed by atoms with Crippen LogP contribution in [0.5, 0.6) is 0 Å². The van der Waals surface area contributed by atoms with Crippen LogP contribution in [0.25, 0.3) is 6.08 Å². The molecule has 0 aromatic heterocycles. The van der Waals surface area contributed by atoms with Gasteiger partial charge in [0.1, 0.15) is 0 Å². The van der Waals surface area contributed by atoms with E-state index < -0.39 is 10.0 Å². The van der Waals surface area contributed by atoms with Gasteiger partial charge in [0.15, 0.2) is 5.78 Å². The summed E-state index contributed by atoms with van der Waals surface area (Å²) in [4.78, 5) is 12.7. The normalized spacial score (nSPS) is 11.4. The van der Waals surface area contributed by atoms with Crippen LogP contribution in [-0.2, 0) is 10.0 Å². The molecule has 0 aliphatic carbocycles. The van der Waals surface area contributed by atoms with Crippen LogP contribution in [0.3, 0.4) is 0 Å². The number of carbonyl (C=O) groups is 1. The summed E-state index contributed by atoms with van der Waals surface area (Å²) in [6.45, 7) is 1.89. The molecule has 0 atom stereocenters. The number of anilines is 1. The molecule has 0 amide bonds. The number of hydrogen-bond donors (Lipinski definition) is 1. The Morgan fingerprint density at radius 1 is 0.852 bits per heavy atom. The fraction of sp³-hybridized carbons (Fsp3) is 0.0455. The number of allylic oxidation sites excluding steroid dienone is 1. The van der Waals surface area contributed by atoms with Crippen LogP contribution in [0, 0.1) is 6.92 Å². The van der Waals surface area contributed by atoms with Gasteiger partial charge in [-0.2, -0.15) is 0 Å². The maximum atomic E-state index is 12.6. The minimum Gasteiger partial charge on any atom is -0.289 e. The maximum Gasteiger partial charge on any atom is 0.261 e. The molecule has 0 heterocycles. The van der Waals surface area contributed by atoms with Gasteiger partial charge in [0.05, 0.1) is 10.6 Å². The summed E-state index contributed by atoms with van der Waals surface area (Å²) in [6.07, 6.45) is 3.14. The molecule has 27 heavy (non-hydrogen) atoms. The van der Waals surface area contributed by atoms with Crippen molar-refractivity contribution < 1.29 is 13.2 Å². The number of sulfonamides is 1. The third-order valence-corrected chi connectivity index (χ3v) is 5.38. The number of para-hydroxylation sites is 1. The number of ketones is 1. The van der Waals surface area contributed by atoms with Crippen LogP contribution in [-0.4, -0.2) is 14.2 Å². The molecule has 136 valence electrons. The zero-order valence-electron chi connectivity index (χ0n) is 14.8. The zero-order valence-corrected chi connectivity index (χ0v) is 15.6. The second-order valence-electron chi connectivity index (χ2n) is 6.07. The first kappa shape index (κ1) is 18.6. The molecule has 0 bridgehead atoms. The Balaban J connectivity index is 1.86. The van der Waals surface area contributed by atoms with E-state index in [1.54, 1.807) is 42.5 Å². The van der Waals surface area contributed by atoms with Gasteiger partial charge < -0.3 is 0 Å². The summed E-state index contributed by atoms with van der Waals surface area (Å²) >= 11 is 0. The van der Waals surface area contributed by atoms with Crippen molar-refractivity contribution in [1.29, 1.82) is 0 Å². The van der Waals surface area contributed by atoms with Gasteiger partial charge in [0.2, 0.25) is 0 Å². The predicted molar refractivity (Wildman–Crippen MR) is 108 cm³/mol. The Morgan fingerprint density at radius 3 is 2.19 bits per heavy atom. The highest BCUT2D eigenvalue weighted by atomic mass is 32.2. The number of hydrogen-bond acceptors (Lipinski definition) is 3. The average molecular weight is 377 g/mol. The van der Waals surface area contributed by atoms with Crippen molar-refractivity contribution in [2.45, 2.75) is 11.8 Å². The number of carbonyl (C=O) groups excluding carboxylic acids is 1. The predicted octanol–water partition coefficient (Wildman–Crippen LogP) is 4.69. The van der Waals surface area contributed by atoms with E-state index in [1.807, 2.05) is 37.3 Å². The number of benzene rings is 3. The third-order valence-electron chi connectivity index (χ3n) is 3.99. The van der Waals surface area contributed by atoms with Crippen molar-refractivity contribution in [3.8, 4) is 0 Å². The quantitative estimate of drug-likeness (QED) is 0.501. The second-order valence-corrected chi connectivity index (χ2v) is 7.75. The smallest absolute Gasteiger partial charge is 0.261 e. The van der Waals surface area contributed by atoms with Crippen molar-refractivity contribution in [3.63, 3.8) is 0 Å². The molecular weight excluding hydrogens is 358 g/mol. The molecule has 3 aromatic rings. The molecule has 5 heteroatoms. The van der Waals surface area contributed by atoms with Crippen LogP contribution in [0.15, 0.2) is 89.8 Å². The van der Waals surface area contributed by atoms with Gasteiger partial charge in [-0.05, 0) is 42.8 Å². The molecule has 0 unspecified atom stereocenters. The average Bonchev–Trinajstić information content (AvgIpc) is 2.67. The lowest BCUT2D eigenvalue weighted by Crippen LogP contribution is -2.15. The lowest BCUT2D eigenvalue weighted by Gasteiger charge is -2.11. The van der Waals surface area contributed by atoms with Crippen LogP contribution >= 0.6 is 0 Å². The van der Waals surface area contributed by atoms with E-state index in [2.05, 4.69) is 4.72 Å². The van der Waals surface area contributed by atoms with Crippen LogP contribution in [0.4, 0.5) is 5.69 Å². The van der Waals surface area contributed by atoms with E-state index in [9.17, 15) is 13.2 Å². The van der Waals surface area contributed by atoms with E-state index in [0.717, 1.165) is 11.1 Å². The fourth-order valence-electron chi connectivity index (χ4n) is 2.53. The second kappa shape index (κ2) is 8.01. The Labute approximate surface area is 159 Å². The standard InChI is InChI=1S/C22H19NO3S/c1-17-11-14-19(15-12-17)27(25,26)23-21-10-6-5-9-20(21)22(24)16-13-18-7-3-2-4-8-18/h2-16,23H,1H3/b16-13+. The van der Waals surface area contributed by atoms with Gasteiger partial charge in [-0.15, -0.1) is 0 Å². The SMILES string of the molecule is Cc1ccc(S(=O)(=O)Nc2ccccc2C(=O)/C=C/c2ccccc2)cc1. The van der Waals surface area contributed by atoms with Gasteiger partial charge in [0.25, 0.3) is 10.0 Å². The lowest BCUT2D eigenvalue weighted by molar-refractivity contribution is 0.104. The molecule has 0 aliphatic heterocycles. The molecule has 0 fully saturated rings. The van der Waals surface area contributed by atoms with E-state index in [1.165, 1.54) is 18.2 Å². The largest absolute Gasteiger partial charge is 0.289 e. The van der Waals surface area contributed by atoms with E-state index in [4.69, 9.17) is 0 Å². The van der Waals surface area contributed by atoms with Crippen molar-refractivity contribution in [2.24, 2.45) is 0 Å². The molecule has 3 aromatic carbocycles. The van der Waals surface area contributed by atoms with Gasteiger partial charge in [-0.25, -0.2) is 8.42 Å². The lowest BCUT2D eigenvalue weighted by atomic mass is 10.1. The zero-order chi connectivity index (χ0) is 19.3. The van der Waals surface area contributed by atoms with E-state index >= 15 is 0 Å². The number of nitrogens with one attached hydrogen (secondary N) is 1. The molecule has 0 spiro atoms. The van der Waals surface area contributed by atoms with Gasteiger partial charge in [-0.3, -0.25) is 9.52 Å². The van der Waals surface area contributed by atoms with E-state index in [-0.39, 0.29) is 16.4 Å². The van der Waals surface area contributed by atoms with Crippen molar-refractivity contribution >= 4 is 27.6 Å². The Morgan fingerprint density at radius 2 is 1.48 bits per heavy atom. The summed E-state index contributed by atoms with van der Waals surface area (Å²) < 4.78 is 27.8. The Hall–Kier alpha value is -3.18. The van der Waals surface area contributed by atoms with Crippen LogP contribution < -0.4 is 4.72 Å². The number of aryl methyl sites for hydroxylation is 1. The first-order valence-corrected chi connectivity index (χ1v) is 9.90. The highest BCUT2D eigenvalue weighted by Crippen LogP contribution is 2.21. The monoisotopic (exact) mass is 377 g/mol. The summed E-state index contributed by atoms with van der Waals surface area (Å²) in [7, 11) is -3.78. The van der Waals surface area contributed by atoms with E-state index in [0.29, 0.717) is 5.56 Å². The molecular formula is C22H19NO3S. The first-order valence-electron chi connectivity index (χ1n) is 8.42. The van der Waals surface area contributed by atoms with Gasteiger partial charge >= 0.3 is 0 Å². The molecule has 3 rings (SSSR count). The highest BCUT2D eigenvalue weighted by molar-refractivity contribution is 7.92. The van der Waals surface area contributed by atoms with Crippen LogP contribution in [0.2, 0.25) is 0 Å². The summed E-state index contributed by atoms with van der Waals surface area (Å²) in [5, 5.41) is 0. The van der Waals surface area contributed by atoms with Crippen molar-refractivity contribution in [2.75, 3.05) is 4.72 Å². The molecule has 0 saturated carbocycles. The van der Waals surface area contributed by atoms with Crippen LogP contribution in [0.1, 0.15) is 21.5 Å². The summed E-state index contributed by atoms with van der Waals surface area (Å²) in [5.41, 5.74) is 2.40. The highest BCUT2D eigenvalue weighted by Gasteiger charge is 2.17. The molecule has 0 saturated heterocycles. The summed E-state index contributed by atoms with van der Waals surface area (Å²) in [6, 6.07) is 22.5. The molecule has 0 aliphatic rings. The maximum absolute atomic E-state index is 12.6. The third kappa shape index (κ3) is 4.71. The van der Waals surface area contributed by atoms with Crippen molar-refractivity contribution in [1.82, 2.24) is 0 Å². The molecule has 1 N–H and O–H groups in total. The minimum absolute atomic E-state index is 0.148. The number of rotatable bonds is 6. The van der Waals surface area contributed by atoms with Crippen molar-refractivity contribution in [3.05, 3.63) is 102 Å². The fourth-order valence-corrected chi connectivity index (χ4v) is 3.61. The first-order chi connectivity index (χ1) is 13.0. The minimum atomic E-state index is -3.78. The Kier molecular flexibility index (Phi) is 5.52. The van der Waals surface area contributed by atoms with Gasteiger partial charge in [-0.1, -0.05) is 66.2 Å². The molecule has 0 radical (unpaired) electrons. The topological polar surface area (TPSA) is 63.2 Å². The molecule has 4 nitrogen and oxygen atoms in total.